The van der Waals surface area contributed by atoms with E-state index < -0.39 is 0 Å². The average molecular weight is 422 g/mol. The number of aryl methyl sites for hydroxylation is 2. The molecule has 0 fully saturated rings. The minimum Gasteiger partial charge on any atom is -0.257 e. The van der Waals surface area contributed by atoms with Gasteiger partial charge in [0.2, 0.25) is 0 Å². The third kappa shape index (κ3) is 9.91. The van der Waals surface area contributed by atoms with Gasteiger partial charge < -0.3 is 0 Å². The van der Waals surface area contributed by atoms with Crippen LogP contribution in [0.3, 0.4) is 0 Å². The van der Waals surface area contributed by atoms with Gasteiger partial charge in [-0.15, -0.1) is 0 Å². The highest BCUT2D eigenvalue weighted by atomic mass is 19.1. The first-order valence-corrected chi connectivity index (χ1v) is 11.5. The molecule has 1 aromatic carbocycles. The Hall–Kier alpha value is -2.48. The number of hydrogen-bond acceptors (Lipinski definition) is 1. The van der Waals surface area contributed by atoms with Gasteiger partial charge in [-0.25, -0.2) is 4.39 Å². The van der Waals surface area contributed by atoms with Crippen molar-refractivity contribution in [1.82, 2.24) is 4.98 Å². The van der Waals surface area contributed by atoms with E-state index in [0.717, 1.165) is 48.1 Å². The van der Waals surface area contributed by atoms with Gasteiger partial charge in [-0.05, 0) is 94.2 Å². The molecule has 0 saturated heterocycles. The molecule has 2 rings (SSSR count). The summed E-state index contributed by atoms with van der Waals surface area (Å²) < 4.78 is 13.3. The van der Waals surface area contributed by atoms with Crippen LogP contribution in [0.4, 0.5) is 4.39 Å². The summed E-state index contributed by atoms with van der Waals surface area (Å²) in [5.41, 5.74) is 6.87. The van der Waals surface area contributed by atoms with E-state index in [-0.39, 0.29) is 5.82 Å². The van der Waals surface area contributed by atoms with Gasteiger partial charge in [-0.1, -0.05) is 68.8 Å². The largest absolute Gasteiger partial charge is 0.257 e. The topological polar surface area (TPSA) is 12.9 Å². The van der Waals surface area contributed by atoms with E-state index in [4.69, 9.17) is 4.98 Å². The van der Waals surface area contributed by atoms with Crippen LogP contribution in [0.5, 0.6) is 0 Å². The van der Waals surface area contributed by atoms with Crippen molar-refractivity contribution in [3.05, 3.63) is 95.1 Å². The molecule has 0 N–H and O–H groups in total. The molecule has 0 aliphatic rings. The summed E-state index contributed by atoms with van der Waals surface area (Å²) >= 11 is 0. The van der Waals surface area contributed by atoms with E-state index >= 15 is 0 Å². The molecule has 0 saturated carbocycles. The van der Waals surface area contributed by atoms with Gasteiger partial charge in [-0.2, -0.15) is 0 Å². The zero-order valence-electron chi connectivity index (χ0n) is 20.3. The summed E-state index contributed by atoms with van der Waals surface area (Å²) in [7, 11) is 0. The maximum atomic E-state index is 13.3. The number of aromatic nitrogens is 1. The smallest absolute Gasteiger partial charge is 0.123 e. The normalized spacial score (nSPS) is 12.4. The van der Waals surface area contributed by atoms with Crippen LogP contribution in [0.2, 0.25) is 0 Å². The maximum absolute atomic E-state index is 13.3. The molecule has 0 aliphatic heterocycles. The summed E-state index contributed by atoms with van der Waals surface area (Å²) in [4.78, 5) is 4.93. The zero-order chi connectivity index (χ0) is 23.2. The highest BCUT2D eigenvalue weighted by molar-refractivity contribution is 5.63. The molecule has 0 aliphatic carbocycles. The van der Waals surface area contributed by atoms with Crippen molar-refractivity contribution in [1.29, 1.82) is 0 Å². The van der Waals surface area contributed by atoms with Crippen LogP contribution in [0, 0.1) is 5.82 Å². The van der Waals surface area contributed by atoms with Crippen molar-refractivity contribution in [3.63, 3.8) is 0 Å². The summed E-state index contributed by atoms with van der Waals surface area (Å²) in [6, 6.07) is 11.2. The fourth-order valence-corrected chi connectivity index (χ4v) is 3.46. The van der Waals surface area contributed by atoms with Crippen LogP contribution in [0.15, 0.2) is 66.8 Å². The third-order valence-electron chi connectivity index (χ3n) is 5.34. The Morgan fingerprint density at radius 1 is 1.13 bits per heavy atom. The lowest BCUT2D eigenvalue weighted by atomic mass is 9.97. The molecule has 2 heteroatoms. The molecule has 31 heavy (non-hydrogen) atoms. The van der Waals surface area contributed by atoms with E-state index in [1.165, 1.54) is 23.8 Å². The Morgan fingerprint density at radius 2 is 1.87 bits per heavy atom. The molecule has 0 radical (unpaired) electrons. The van der Waals surface area contributed by atoms with Crippen LogP contribution in [-0.4, -0.2) is 4.98 Å². The number of halogens is 1. The molecule has 1 atom stereocenters. The lowest BCUT2D eigenvalue weighted by Crippen LogP contribution is -2.04. The van der Waals surface area contributed by atoms with E-state index in [1.807, 2.05) is 32.9 Å². The van der Waals surface area contributed by atoms with Crippen molar-refractivity contribution < 1.29 is 4.39 Å². The van der Waals surface area contributed by atoms with E-state index in [0.29, 0.717) is 5.92 Å². The second kappa shape index (κ2) is 14.5. The molecule has 0 amide bonds. The minimum atomic E-state index is -0.163. The van der Waals surface area contributed by atoms with Crippen molar-refractivity contribution in [2.45, 2.75) is 79.6 Å². The lowest BCUT2D eigenvalue weighted by Gasteiger charge is -2.15. The van der Waals surface area contributed by atoms with Gasteiger partial charge >= 0.3 is 0 Å². The number of benzene rings is 1. The Morgan fingerprint density at radius 3 is 2.42 bits per heavy atom. The number of hydrogen-bond donors (Lipinski definition) is 0. The Kier molecular flexibility index (Phi) is 12.4. The molecule has 0 bridgehead atoms. The van der Waals surface area contributed by atoms with Crippen molar-refractivity contribution in [2.75, 3.05) is 0 Å². The van der Waals surface area contributed by atoms with Gasteiger partial charge in [0.15, 0.2) is 0 Å². The van der Waals surface area contributed by atoms with Gasteiger partial charge in [0, 0.05) is 11.4 Å². The molecule has 168 valence electrons. The number of pyridine rings is 1. The SMILES string of the molecule is C/C=C\C(C)=C/C.C=C(C)c1ccc(C(C)CCC)nc1CCCc1cccc(F)c1. The quantitative estimate of drug-likeness (QED) is 0.368. The van der Waals surface area contributed by atoms with Crippen molar-refractivity contribution in [3.8, 4) is 0 Å². The molecule has 1 unspecified atom stereocenters. The Bertz CT molecular complexity index is 876. The first-order valence-electron chi connectivity index (χ1n) is 11.5. The summed E-state index contributed by atoms with van der Waals surface area (Å²) in [6.45, 7) is 16.7. The average Bonchev–Trinajstić information content (AvgIpc) is 2.74. The summed E-state index contributed by atoms with van der Waals surface area (Å²) in [5.74, 6) is 0.319. The second-order valence-electron chi connectivity index (χ2n) is 8.22. The van der Waals surface area contributed by atoms with Gasteiger partial charge in [-0.3, -0.25) is 4.98 Å². The van der Waals surface area contributed by atoms with Gasteiger partial charge in [0.25, 0.3) is 0 Å². The monoisotopic (exact) mass is 421 g/mol. The predicted octanol–water partition coefficient (Wildman–Crippen LogP) is 8.86. The Balaban J connectivity index is 0.000000592. The lowest BCUT2D eigenvalue weighted by molar-refractivity contribution is 0.624. The molecule has 1 aromatic heterocycles. The first-order chi connectivity index (χ1) is 14.8. The van der Waals surface area contributed by atoms with E-state index in [1.54, 1.807) is 12.1 Å². The van der Waals surface area contributed by atoms with Crippen molar-refractivity contribution >= 4 is 5.57 Å². The van der Waals surface area contributed by atoms with Gasteiger partial charge in [0.05, 0.1) is 0 Å². The van der Waals surface area contributed by atoms with E-state index in [9.17, 15) is 4.39 Å². The molecule has 2 aromatic rings. The standard InChI is InChI=1S/C22H28FN.C7H12/c1-5-8-17(4)21-14-13-20(16(2)3)22(24-21)12-7-10-18-9-6-11-19(23)15-18;1-4-6-7(3)5-2/h6,9,11,13-15,17H,2,5,7-8,10,12H2,1,3-4H3;4-6H,1-3H3/b;6-4-,7-5-. The molecule has 0 spiro atoms. The van der Waals surface area contributed by atoms with Crippen LogP contribution in [0.1, 0.15) is 89.2 Å². The van der Waals surface area contributed by atoms with Crippen LogP contribution < -0.4 is 0 Å². The number of nitrogens with zero attached hydrogens (tertiary/aromatic N) is 1. The fraction of sp³-hybridized carbons (Fsp3) is 0.414. The molecule has 1 nitrogen and oxygen atoms in total. The molecule has 1 heterocycles. The summed E-state index contributed by atoms with van der Waals surface area (Å²) in [5, 5.41) is 0. The van der Waals surface area contributed by atoms with E-state index in [2.05, 4.69) is 51.6 Å². The van der Waals surface area contributed by atoms with Crippen LogP contribution in [0.25, 0.3) is 5.57 Å². The minimum absolute atomic E-state index is 0.163. The first kappa shape index (κ1) is 26.6. The predicted molar refractivity (Wildman–Crippen MR) is 135 cm³/mol. The molecular weight excluding hydrogens is 381 g/mol. The fourth-order valence-electron chi connectivity index (χ4n) is 3.46. The third-order valence-corrected chi connectivity index (χ3v) is 5.34. The maximum Gasteiger partial charge on any atom is 0.123 e. The second-order valence-corrected chi connectivity index (χ2v) is 8.22. The zero-order valence-corrected chi connectivity index (χ0v) is 20.3. The number of rotatable bonds is 9. The van der Waals surface area contributed by atoms with Gasteiger partial charge in [0.1, 0.15) is 5.82 Å². The molecular formula is C29H40FN. The highest BCUT2D eigenvalue weighted by Crippen LogP contribution is 2.24. The number of allylic oxidation sites excluding steroid dienone is 5. The summed E-state index contributed by atoms with van der Waals surface area (Å²) in [6.07, 6.45) is 11.2. The van der Waals surface area contributed by atoms with Crippen LogP contribution in [-0.2, 0) is 12.8 Å². The van der Waals surface area contributed by atoms with Crippen LogP contribution >= 0.6 is 0 Å². The Labute approximate surface area is 189 Å². The highest BCUT2D eigenvalue weighted by Gasteiger charge is 2.11. The van der Waals surface area contributed by atoms with Crippen molar-refractivity contribution in [2.24, 2.45) is 0 Å².